The van der Waals surface area contributed by atoms with Crippen LogP contribution in [0.3, 0.4) is 0 Å². The minimum Gasteiger partial charge on any atom is -0.508 e. The van der Waals surface area contributed by atoms with Crippen molar-refractivity contribution >= 4 is 11.8 Å². The van der Waals surface area contributed by atoms with Crippen LogP contribution in [0.15, 0.2) is 66.7 Å². The maximum atomic E-state index is 13.7. The van der Waals surface area contributed by atoms with Crippen molar-refractivity contribution in [2.24, 2.45) is 11.8 Å². The van der Waals surface area contributed by atoms with Crippen LogP contribution >= 0.6 is 0 Å². The molecule has 3 N–H and O–H groups in total. The summed E-state index contributed by atoms with van der Waals surface area (Å²) in [6.07, 6.45) is 4.77. The molecule has 2 saturated carbocycles. The van der Waals surface area contributed by atoms with Gasteiger partial charge in [0.15, 0.2) is 0 Å². The number of rotatable bonds is 6. The molecule has 2 bridgehead atoms. The van der Waals surface area contributed by atoms with Gasteiger partial charge in [0, 0.05) is 29.7 Å². The van der Waals surface area contributed by atoms with E-state index in [1.807, 2.05) is 36.4 Å². The van der Waals surface area contributed by atoms with Crippen molar-refractivity contribution in [3.8, 4) is 16.9 Å². The van der Waals surface area contributed by atoms with Crippen LogP contribution in [0.4, 0.5) is 4.39 Å². The third kappa shape index (κ3) is 5.87. The predicted molar refractivity (Wildman–Crippen MR) is 157 cm³/mol. The highest BCUT2D eigenvalue weighted by Gasteiger charge is 2.50. The number of carbonyl (C=O) groups excluding carboxylic acids is 2. The molecule has 2 amide bonds. The lowest BCUT2D eigenvalue weighted by Gasteiger charge is -2.55. The second-order valence-corrected chi connectivity index (χ2v) is 12.9. The fraction of sp³-hybridized carbons (Fsp3) is 0.412. The Morgan fingerprint density at radius 2 is 1.63 bits per heavy atom. The largest absolute Gasteiger partial charge is 0.508 e. The molecule has 41 heavy (non-hydrogen) atoms. The Morgan fingerprint density at radius 1 is 0.951 bits per heavy atom. The first-order valence-corrected chi connectivity index (χ1v) is 14.6. The van der Waals surface area contributed by atoms with Crippen LogP contribution in [0.1, 0.15) is 67.4 Å². The van der Waals surface area contributed by atoms with Crippen LogP contribution in [0, 0.1) is 17.7 Å². The second kappa shape index (κ2) is 10.6. The van der Waals surface area contributed by atoms with E-state index in [-0.39, 0.29) is 35.5 Å². The summed E-state index contributed by atoms with van der Waals surface area (Å²) in [6, 6.07) is 19.3. The van der Waals surface area contributed by atoms with Crippen LogP contribution in [0.25, 0.3) is 11.1 Å². The molecule has 6 nitrogen and oxygen atoms in total. The van der Waals surface area contributed by atoms with Crippen molar-refractivity contribution in [1.29, 1.82) is 0 Å². The predicted octanol–water partition coefficient (Wildman–Crippen LogP) is 5.79. The van der Waals surface area contributed by atoms with Gasteiger partial charge in [0.05, 0.1) is 6.54 Å². The molecule has 0 saturated heterocycles. The van der Waals surface area contributed by atoms with Gasteiger partial charge in [-0.15, -0.1) is 0 Å². The zero-order chi connectivity index (χ0) is 28.8. The van der Waals surface area contributed by atoms with Crippen LogP contribution in [-0.4, -0.2) is 39.4 Å². The van der Waals surface area contributed by atoms with Gasteiger partial charge in [-0.2, -0.15) is 0 Å². The van der Waals surface area contributed by atoms with Crippen molar-refractivity contribution in [2.45, 2.75) is 70.1 Å². The van der Waals surface area contributed by atoms with E-state index in [0.717, 1.165) is 54.4 Å². The van der Waals surface area contributed by atoms with Crippen molar-refractivity contribution in [2.75, 3.05) is 6.54 Å². The number of halogens is 1. The molecule has 3 aromatic rings. The van der Waals surface area contributed by atoms with Gasteiger partial charge in [-0.05, 0) is 110 Å². The van der Waals surface area contributed by atoms with E-state index in [1.54, 1.807) is 23.1 Å². The summed E-state index contributed by atoms with van der Waals surface area (Å²) >= 11 is 0. The van der Waals surface area contributed by atoms with E-state index in [9.17, 15) is 19.1 Å². The summed E-state index contributed by atoms with van der Waals surface area (Å²) in [5.74, 6) is 0.898. The number of aromatic hydroxyl groups is 1. The molecular formula is C34H38FN3O3. The molecular weight excluding hydrogens is 517 g/mol. The Balaban J connectivity index is 1.12. The molecule has 0 radical (unpaired) electrons. The molecule has 2 fully saturated rings. The summed E-state index contributed by atoms with van der Waals surface area (Å²) in [4.78, 5) is 28.5. The monoisotopic (exact) mass is 555 g/mol. The van der Waals surface area contributed by atoms with E-state index in [0.29, 0.717) is 30.5 Å². The molecule has 3 aliphatic rings. The van der Waals surface area contributed by atoms with E-state index in [1.165, 1.54) is 12.1 Å². The highest BCUT2D eigenvalue weighted by atomic mass is 19.1. The SMILES string of the molecule is CC1CC2CC(C)(NC(=O)c3ccc(-c4ccc(O)cc4)cc3)CC(NCC(=O)N3Cc4ccc(F)cc4C3)(C1)C2. The number of fused-ring (bicyclic) bond motifs is 3. The lowest BCUT2D eigenvalue weighted by atomic mass is 9.58. The van der Waals surface area contributed by atoms with Gasteiger partial charge in [-0.25, -0.2) is 4.39 Å². The van der Waals surface area contributed by atoms with E-state index in [4.69, 9.17) is 0 Å². The average molecular weight is 556 g/mol. The van der Waals surface area contributed by atoms with Gasteiger partial charge in [0.2, 0.25) is 5.91 Å². The summed E-state index contributed by atoms with van der Waals surface area (Å²) < 4.78 is 13.7. The van der Waals surface area contributed by atoms with Gasteiger partial charge in [-0.3, -0.25) is 9.59 Å². The van der Waals surface area contributed by atoms with Crippen molar-refractivity contribution in [1.82, 2.24) is 15.5 Å². The molecule has 0 aromatic heterocycles. The molecule has 3 aromatic carbocycles. The summed E-state index contributed by atoms with van der Waals surface area (Å²) in [7, 11) is 0. The zero-order valence-electron chi connectivity index (χ0n) is 23.8. The Bertz CT molecular complexity index is 1450. The smallest absolute Gasteiger partial charge is 0.251 e. The lowest BCUT2D eigenvalue weighted by Crippen LogP contribution is -2.64. The maximum absolute atomic E-state index is 13.7. The number of phenolic OH excluding ortho intramolecular Hbond substituents is 1. The van der Waals surface area contributed by atoms with Gasteiger partial charge in [-0.1, -0.05) is 37.3 Å². The number of phenols is 1. The number of hydrogen-bond donors (Lipinski definition) is 3. The van der Waals surface area contributed by atoms with Crippen molar-refractivity contribution < 1.29 is 19.1 Å². The quantitative estimate of drug-likeness (QED) is 0.360. The van der Waals surface area contributed by atoms with E-state index in [2.05, 4.69) is 24.5 Å². The Labute approximate surface area is 241 Å². The van der Waals surface area contributed by atoms with E-state index < -0.39 is 5.54 Å². The van der Waals surface area contributed by atoms with Crippen LogP contribution < -0.4 is 10.6 Å². The first-order valence-electron chi connectivity index (χ1n) is 14.6. The molecule has 1 aliphatic heterocycles. The number of carbonyl (C=O) groups is 2. The molecule has 6 rings (SSSR count). The molecule has 214 valence electrons. The van der Waals surface area contributed by atoms with Gasteiger partial charge in [0.25, 0.3) is 5.91 Å². The molecule has 7 heteroatoms. The molecule has 2 aliphatic carbocycles. The average Bonchev–Trinajstić information content (AvgIpc) is 3.34. The van der Waals surface area contributed by atoms with Crippen molar-refractivity contribution in [3.63, 3.8) is 0 Å². The molecule has 1 heterocycles. The van der Waals surface area contributed by atoms with E-state index >= 15 is 0 Å². The summed E-state index contributed by atoms with van der Waals surface area (Å²) in [5, 5.41) is 16.6. The minimum absolute atomic E-state index is 0.0239. The number of benzene rings is 3. The van der Waals surface area contributed by atoms with Gasteiger partial charge in [0.1, 0.15) is 11.6 Å². The van der Waals surface area contributed by atoms with Crippen LogP contribution in [0.2, 0.25) is 0 Å². The first-order chi connectivity index (χ1) is 19.6. The first kappa shape index (κ1) is 27.5. The third-order valence-electron chi connectivity index (χ3n) is 9.24. The normalized spacial score (nSPS) is 26.9. The third-order valence-corrected chi connectivity index (χ3v) is 9.24. The minimum atomic E-state index is -0.396. The molecule has 4 atom stereocenters. The number of nitrogens with zero attached hydrogens (tertiary/aromatic N) is 1. The Kier molecular flexibility index (Phi) is 7.10. The maximum Gasteiger partial charge on any atom is 0.251 e. The van der Waals surface area contributed by atoms with Crippen molar-refractivity contribution in [3.05, 3.63) is 89.2 Å². The Hall–Kier alpha value is -3.71. The topological polar surface area (TPSA) is 81.7 Å². The number of amides is 2. The fourth-order valence-electron chi connectivity index (χ4n) is 7.83. The highest BCUT2D eigenvalue weighted by Crippen LogP contribution is 2.49. The zero-order valence-corrected chi connectivity index (χ0v) is 23.8. The standard InChI is InChI=1S/C34H38FN3O3/c1-22-13-23-16-33(2,37-32(41)26-5-3-24(4-6-26)25-8-11-30(39)12-9-25)21-34(15-22,17-23)36-18-31(40)38-19-27-7-10-29(35)14-28(27)20-38/h3-12,14,22-23,36,39H,13,15-21H2,1-2H3,(H,37,41). The van der Waals surface area contributed by atoms with Gasteiger partial charge < -0.3 is 20.6 Å². The van der Waals surface area contributed by atoms with Crippen LogP contribution in [-0.2, 0) is 17.9 Å². The highest BCUT2D eigenvalue weighted by molar-refractivity contribution is 5.95. The van der Waals surface area contributed by atoms with Crippen LogP contribution in [0.5, 0.6) is 5.75 Å². The Morgan fingerprint density at radius 3 is 2.37 bits per heavy atom. The summed E-state index contributed by atoms with van der Waals surface area (Å²) in [5.41, 5.74) is 3.84. The number of hydrogen-bond acceptors (Lipinski definition) is 4. The lowest BCUT2D eigenvalue weighted by molar-refractivity contribution is -0.131. The number of nitrogens with one attached hydrogen (secondary N) is 2. The van der Waals surface area contributed by atoms with Gasteiger partial charge >= 0.3 is 0 Å². The fourth-order valence-corrected chi connectivity index (χ4v) is 7.83. The molecule has 0 spiro atoms. The molecule has 4 unspecified atom stereocenters. The summed E-state index contributed by atoms with van der Waals surface area (Å²) in [6.45, 7) is 5.62. The second-order valence-electron chi connectivity index (χ2n) is 12.9.